The molecule has 0 radical (unpaired) electrons. The van der Waals surface area contributed by atoms with Crippen molar-refractivity contribution in [3.8, 4) is 0 Å². The maximum absolute atomic E-state index is 5.26. The van der Waals surface area contributed by atoms with Gasteiger partial charge in [0.1, 0.15) is 5.82 Å². The van der Waals surface area contributed by atoms with E-state index in [1.807, 2.05) is 12.3 Å². The van der Waals surface area contributed by atoms with Crippen molar-refractivity contribution in [2.24, 2.45) is 5.92 Å². The summed E-state index contributed by atoms with van der Waals surface area (Å²) >= 11 is 0. The molecule has 1 heterocycles. The largest absolute Gasteiger partial charge is 0.383 e. The molecule has 1 N–H and O–H groups in total. The molecule has 0 amide bonds. The molecule has 1 unspecified atom stereocenters. The molecule has 120 valence electrons. The van der Waals surface area contributed by atoms with Crippen molar-refractivity contribution in [1.29, 1.82) is 0 Å². The summed E-state index contributed by atoms with van der Waals surface area (Å²) in [6.07, 6.45) is 2.97. The van der Waals surface area contributed by atoms with Crippen LogP contribution < -0.4 is 10.2 Å². The first-order chi connectivity index (χ1) is 10.1. The van der Waals surface area contributed by atoms with Crippen LogP contribution in [0.4, 0.5) is 5.82 Å². The summed E-state index contributed by atoms with van der Waals surface area (Å²) < 4.78 is 5.26. The predicted octanol–water partition coefficient (Wildman–Crippen LogP) is 3.08. The van der Waals surface area contributed by atoms with E-state index >= 15 is 0 Å². The third-order valence-corrected chi connectivity index (χ3v) is 3.67. The summed E-state index contributed by atoms with van der Waals surface area (Å²) in [5.74, 6) is 1.74. The van der Waals surface area contributed by atoms with Crippen LogP contribution >= 0.6 is 0 Å². The van der Waals surface area contributed by atoms with Gasteiger partial charge in [-0.05, 0) is 31.9 Å². The van der Waals surface area contributed by atoms with Gasteiger partial charge in [0.25, 0.3) is 0 Å². The summed E-state index contributed by atoms with van der Waals surface area (Å²) in [5.41, 5.74) is 1.26. The molecule has 0 saturated heterocycles. The molecule has 0 aromatic carbocycles. The Morgan fingerprint density at radius 2 is 2.10 bits per heavy atom. The lowest BCUT2D eigenvalue weighted by Crippen LogP contribution is -2.37. The Bertz CT molecular complexity index is 395. The second kappa shape index (κ2) is 9.74. The Morgan fingerprint density at radius 1 is 1.33 bits per heavy atom. The number of hydrogen-bond donors (Lipinski definition) is 1. The van der Waals surface area contributed by atoms with Crippen molar-refractivity contribution in [3.05, 3.63) is 23.9 Å². The van der Waals surface area contributed by atoms with E-state index in [0.717, 1.165) is 38.5 Å². The maximum atomic E-state index is 5.26. The van der Waals surface area contributed by atoms with Crippen LogP contribution in [0.5, 0.6) is 0 Å². The van der Waals surface area contributed by atoms with Crippen LogP contribution in [-0.2, 0) is 11.3 Å². The molecule has 1 aromatic heterocycles. The van der Waals surface area contributed by atoms with Gasteiger partial charge in [-0.1, -0.05) is 26.8 Å². The van der Waals surface area contributed by atoms with Crippen molar-refractivity contribution < 1.29 is 4.74 Å². The number of hydrogen-bond acceptors (Lipinski definition) is 4. The van der Waals surface area contributed by atoms with Crippen LogP contribution in [-0.4, -0.2) is 37.8 Å². The first-order valence-corrected chi connectivity index (χ1v) is 8.00. The summed E-state index contributed by atoms with van der Waals surface area (Å²) in [4.78, 5) is 6.99. The topological polar surface area (TPSA) is 37.4 Å². The van der Waals surface area contributed by atoms with Crippen LogP contribution in [0.1, 0.15) is 39.7 Å². The third kappa shape index (κ3) is 6.02. The Morgan fingerprint density at radius 3 is 2.71 bits per heavy atom. The highest BCUT2D eigenvalue weighted by atomic mass is 16.5. The fourth-order valence-corrected chi connectivity index (χ4v) is 2.27. The highest BCUT2D eigenvalue weighted by Gasteiger charge is 2.17. The standard InChI is InChI=1S/C17H31N3O/c1-6-15(4)20(10-11-21-5)17-16(8-7-9-19-17)13-18-12-14(2)3/h7-9,14-15,18H,6,10-13H2,1-5H3. The molecular formula is C17H31N3O. The summed E-state index contributed by atoms with van der Waals surface area (Å²) in [7, 11) is 1.75. The number of rotatable bonds is 10. The minimum Gasteiger partial charge on any atom is -0.383 e. The van der Waals surface area contributed by atoms with E-state index in [-0.39, 0.29) is 0 Å². The molecule has 1 atom stereocenters. The van der Waals surface area contributed by atoms with E-state index in [0.29, 0.717) is 12.0 Å². The molecule has 0 aliphatic heterocycles. The number of nitrogens with one attached hydrogen (secondary N) is 1. The Balaban J connectivity index is 2.85. The minimum atomic E-state index is 0.457. The van der Waals surface area contributed by atoms with Gasteiger partial charge < -0.3 is 15.0 Å². The quantitative estimate of drug-likeness (QED) is 0.719. The highest BCUT2D eigenvalue weighted by molar-refractivity contribution is 5.47. The Hall–Kier alpha value is -1.13. The molecule has 0 bridgehead atoms. The lowest BCUT2D eigenvalue weighted by Gasteiger charge is -2.31. The Labute approximate surface area is 129 Å². The lowest BCUT2D eigenvalue weighted by atomic mass is 10.1. The monoisotopic (exact) mass is 293 g/mol. The molecule has 0 fully saturated rings. The van der Waals surface area contributed by atoms with E-state index in [1.165, 1.54) is 5.56 Å². The molecule has 4 heteroatoms. The normalized spacial score (nSPS) is 12.7. The molecule has 4 nitrogen and oxygen atoms in total. The summed E-state index contributed by atoms with van der Waals surface area (Å²) in [6, 6.07) is 4.64. The zero-order valence-corrected chi connectivity index (χ0v) is 14.2. The van der Waals surface area contributed by atoms with E-state index in [4.69, 9.17) is 4.74 Å². The third-order valence-electron chi connectivity index (χ3n) is 3.67. The number of ether oxygens (including phenoxy) is 1. The van der Waals surface area contributed by atoms with Gasteiger partial charge in [0.2, 0.25) is 0 Å². The first kappa shape index (κ1) is 17.9. The van der Waals surface area contributed by atoms with Gasteiger partial charge in [-0.25, -0.2) is 4.98 Å². The van der Waals surface area contributed by atoms with Crippen molar-refractivity contribution in [1.82, 2.24) is 10.3 Å². The Kier molecular flexibility index (Phi) is 8.31. The molecule has 0 spiro atoms. The van der Waals surface area contributed by atoms with Crippen LogP contribution in [0.25, 0.3) is 0 Å². The first-order valence-electron chi connectivity index (χ1n) is 8.00. The van der Waals surface area contributed by atoms with Crippen LogP contribution in [0.15, 0.2) is 18.3 Å². The van der Waals surface area contributed by atoms with Crippen molar-refractivity contribution in [3.63, 3.8) is 0 Å². The van der Waals surface area contributed by atoms with Gasteiger partial charge in [-0.3, -0.25) is 0 Å². The van der Waals surface area contributed by atoms with Gasteiger partial charge in [-0.2, -0.15) is 0 Å². The van der Waals surface area contributed by atoms with Gasteiger partial charge in [-0.15, -0.1) is 0 Å². The molecule has 1 rings (SSSR count). The summed E-state index contributed by atoms with van der Waals surface area (Å²) in [6.45, 7) is 12.4. The van der Waals surface area contributed by atoms with E-state index in [9.17, 15) is 0 Å². The number of pyridine rings is 1. The van der Waals surface area contributed by atoms with Crippen LogP contribution in [0, 0.1) is 5.92 Å². The minimum absolute atomic E-state index is 0.457. The average molecular weight is 293 g/mol. The second-order valence-electron chi connectivity index (χ2n) is 5.95. The zero-order chi connectivity index (χ0) is 15.7. The lowest BCUT2D eigenvalue weighted by molar-refractivity contribution is 0.203. The van der Waals surface area contributed by atoms with E-state index in [1.54, 1.807) is 7.11 Å². The van der Waals surface area contributed by atoms with Gasteiger partial charge in [0, 0.05) is 38.0 Å². The van der Waals surface area contributed by atoms with Crippen molar-refractivity contribution >= 4 is 5.82 Å². The highest BCUT2D eigenvalue weighted by Crippen LogP contribution is 2.20. The average Bonchev–Trinajstić information content (AvgIpc) is 2.48. The van der Waals surface area contributed by atoms with Crippen molar-refractivity contribution in [2.75, 3.05) is 31.7 Å². The number of nitrogens with zero attached hydrogens (tertiary/aromatic N) is 2. The smallest absolute Gasteiger partial charge is 0.133 e. The van der Waals surface area contributed by atoms with Gasteiger partial charge >= 0.3 is 0 Å². The van der Waals surface area contributed by atoms with Crippen molar-refractivity contribution in [2.45, 2.75) is 46.7 Å². The second-order valence-corrected chi connectivity index (χ2v) is 5.95. The molecule has 0 saturated carbocycles. The fourth-order valence-electron chi connectivity index (χ4n) is 2.27. The summed E-state index contributed by atoms with van der Waals surface area (Å²) in [5, 5.41) is 3.51. The molecule has 1 aromatic rings. The molecule has 21 heavy (non-hydrogen) atoms. The maximum Gasteiger partial charge on any atom is 0.133 e. The van der Waals surface area contributed by atoms with Gasteiger partial charge in [0.15, 0.2) is 0 Å². The van der Waals surface area contributed by atoms with E-state index < -0.39 is 0 Å². The van der Waals surface area contributed by atoms with E-state index in [2.05, 4.69) is 49.0 Å². The number of methoxy groups -OCH3 is 1. The molecule has 0 aliphatic rings. The molecule has 0 aliphatic carbocycles. The predicted molar refractivity (Wildman–Crippen MR) is 89.8 cm³/mol. The molecular weight excluding hydrogens is 262 g/mol. The number of aromatic nitrogens is 1. The van der Waals surface area contributed by atoms with Crippen LogP contribution in [0.2, 0.25) is 0 Å². The number of anilines is 1. The van der Waals surface area contributed by atoms with Crippen LogP contribution in [0.3, 0.4) is 0 Å². The zero-order valence-electron chi connectivity index (χ0n) is 14.2. The van der Waals surface area contributed by atoms with Gasteiger partial charge in [0.05, 0.1) is 6.61 Å². The fraction of sp³-hybridized carbons (Fsp3) is 0.706. The SMILES string of the molecule is CCC(C)N(CCOC)c1ncccc1CNCC(C)C.